The SMILES string of the molecule is CC1CCN(CC(=O)N[C@H](C)[C@H](c2ccccc2)N2CCOCC2)CC1. The van der Waals surface area contributed by atoms with Crippen LogP contribution in [0.25, 0.3) is 0 Å². The lowest BCUT2D eigenvalue weighted by Crippen LogP contribution is -2.50. The molecule has 26 heavy (non-hydrogen) atoms. The quantitative estimate of drug-likeness (QED) is 0.846. The lowest BCUT2D eigenvalue weighted by atomic mass is 9.97. The monoisotopic (exact) mass is 359 g/mol. The van der Waals surface area contributed by atoms with Crippen molar-refractivity contribution < 1.29 is 9.53 Å². The molecule has 3 rings (SSSR count). The second kappa shape index (κ2) is 9.49. The predicted octanol–water partition coefficient (Wildman–Crippen LogP) is 2.30. The molecule has 0 radical (unpaired) electrons. The molecule has 1 aromatic carbocycles. The van der Waals surface area contributed by atoms with Gasteiger partial charge in [-0.15, -0.1) is 0 Å². The molecule has 0 unspecified atom stereocenters. The van der Waals surface area contributed by atoms with Crippen LogP contribution in [0.2, 0.25) is 0 Å². The fourth-order valence-electron chi connectivity index (χ4n) is 4.12. The first kappa shape index (κ1) is 19.3. The Hall–Kier alpha value is -1.43. The van der Waals surface area contributed by atoms with E-state index in [1.54, 1.807) is 0 Å². The summed E-state index contributed by atoms with van der Waals surface area (Å²) < 4.78 is 5.52. The molecular formula is C21H33N3O2. The van der Waals surface area contributed by atoms with Crippen LogP contribution in [-0.4, -0.2) is 67.7 Å². The van der Waals surface area contributed by atoms with E-state index in [0.29, 0.717) is 6.54 Å². The molecule has 144 valence electrons. The third kappa shape index (κ3) is 5.29. The molecule has 0 aliphatic carbocycles. The van der Waals surface area contributed by atoms with Crippen LogP contribution in [0.4, 0.5) is 0 Å². The van der Waals surface area contributed by atoms with E-state index in [-0.39, 0.29) is 18.0 Å². The molecule has 2 fully saturated rings. The second-order valence-corrected chi connectivity index (χ2v) is 7.82. The van der Waals surface area contributed by atoms with Crippen molar-refractivity contribution in [2.24, 2.45) is 5.92 Å². The molecule has 0 saturated carbocycles. The summed E-state index contributed by atoms with van der Waals surface area (Å²) in [5, 5.41) is 3.27. The average molecular weight is 360 g/mol. The molecule has 1 aromatic rings. The Labute approximate surface area is 157 Å². The van der Waals surface area contributed by atoms with E-state index in [1.807, 2.05) is 6.07 Å². The number of piperidine rings is 1. The molecule has 0 spiro atoms. The minimum absolute atomic E-state index is 0.0618. The minimum Gasteiger partial charge on any atom is -0.379 e. The highest BCUT2D eigenvalue weighted by molar-refractivity contribution is 5.78. The number of rotatable bonds is 6. The highest BCUT2D eigenvalue weighted by Crippen LogP contribution is 2.25. The van der Waals surface area contributed by atoms with Crippen LogP contribution < -0.4 is 5.32 Å². The number of ether oxygens (including phenoxy) is 1. The number of nitrogens with zero attached hydrogens (tertiary/aromatic N) is 2. The molecule has 2 heterocycles. The summed E-state index contributed by atoms with van der Waals surface area (Å²) in [7, 11) is 0. The average Bonchev–Trinajstić information content (AvgIpc) is 2.65. The standard InChI is InChI=1S/C21H33N3O2/c1-17-8-10-23(11-9-17)16-20(25)22-18(2)21(19-6-4-3-5-7-19)24-12-14-26-15-13-24/h3-7,17-18,21H,8-16H2,1-2H3,(H,22,25)/t18-,21-/m1/s1. The van der Waals surface area contributed by atoms with Gasteiger partial charge in [-0.3, -0.25) is 14.6 Å². The van der Waals surface area contributed by atoms with Gasteiger partial charge in [-0.1, -0.05) is 37.3 Å². The molecular weight excluding hydrogens is 326 g/mol. The molecule has 2 aliphatic rings. The minimum atomic E-state index is 0.0618. The topological polar surface area (TPSA) is 44.8 Å². The second-order valence-electron chi connectivity index (χ2n) is 7.82. The highest BCUT2D eigenvalue weighted by Gasteiger charge is 2.29. The van der Waals surface area contributed by atoms with E-state index in [1.165, 1.54) is 18.4 Å². The Balaban J connectivity index is 1.61. The van der Waals surface area contributed by atoms with E-state index in [9.17, 15) is 4.79 Å². The first-order valence-corrected chi connectivity index (χ1v) is 10.0. The van der Waals surface area contributed by atoms with Crippen molar-refractivity contribution in [3.05, 3.63) is 35.9 Å². The van der Waals surface area contributed by atoms with Crippen molar-refractivity contribution in [1.29, 1.82) is 0 Å². The Morgan fingerprint density at radius 2 is 1.81 bits per heavy atom. The number of hydrogen-bond donors (Lipinski definition) is 1. The zero-order valence-corrected chi connectivity index (χ0v) is 16.2. The number of morpholine rings is 1. The van der Waals surface area contributed by atoms with Crippen LogP contribution in [0, 0.1) is 5.92 Å². The molecule has 5 heteroatoms. The van der Waals surface area contributed by atoms with Gasteiger partial charge in [-0.2, -0.15) is 0 Å². The number of carbonyl (C=O) groups excluding carboxylic acids is 1. The van der Waals surface area contributed by atoms with Gasteiger partial charge in [0.25, 0.3) is 0 Å². The van der Waals surface area contributed by atoms with Gasteiger partial charge in [0.05, 0.1) is 25.8 Å². The number of carbonyl (C=O) groups is 1. The molecule has 2 saturated heterocycles. The maximum absolute atomic E-state index is 12.6. The van der Waals surface area contributed by atoms with E-state index in [2.05, 4.69) is 53.2 Å². The van der Waals surface area contributed by atoms with Gasteiger partial charge in [0, 0.05) is 19.1 Å². The molecule has 0 bridgehead atoms. The van der Waals surface area contributed by atoms with Gasteiger partial charge in [0.1, 0.15) is 0 Å². The third-order valence-corrected chi connectivity index (χ3v) is 5.69. The predicted molar refractivity (Wildman–Crippen MR) is 104 cm³/mol. The van der Waals surface area contributed by atoms with Crippen LogP contribution >= 0.6 is 0 Å². The summed E-state index contributed by atoms with van der Waals surface area (Å²) in [6.07, 6.45) is 2.40. The molecule has 2 atom stereocenters. The van der Waals surface area contributed by atoms with Crippen molar-refractivity contribution in [3.8, 4) is 0 Å². The maximum atomic E-state index is 12.6. The maximum Gasteiger partial charge on any atom is 0.234 e. The van der Waals surface area contributed by atoms with Gasteiger partial charge < -0.3 is 10.1 Å². The first-order valence-electron chi connectivity index (χ1n) is 10.0. The smallest absolute Gasteiger partial charge is 0.234 e. The molecule has 5 nitrogen and oxygen atoms in total. The normalized spacial score (nSPS) is 22.7. The Morgan fingerprint density at radius 3 is 2.46 bits per heavy atom. The van der Waals surface area contributed by atoms with Crippen LogP contribution in [-0.2, 0) is 9.53 Å². The lowest BCUT2D eigenvalue weighted by molar-refractivity contribution is -0.123. The summed E-state index contributed by atoms with van der Waals surface area (Å²) >= 11 is 0. The van der Waals surface area contributed by atoms with Crippen LogP contribution in [0.15, 0.2) is 30.3 Å². The van der Waals surface area contributed by atoms with Crippen molar-refractivity contribution >= 4 is 5.91 Å². The number of hydrogen-bond acceptors (Lipinski definition) is 4. The van der Waals surface area contributed by atoms with Crippen LogP contribution in [0.1, 0.15) is 38.3 Å². The largest absolute Gasteiger partial charge is 0.379 e. The van der Waals surface area contributed by atoms with Crippen molar-refractivity contribution in [1.82, 2.24) is 15.1 Å². The summed E-state index contributed by atoms with van der Waals surface area (Å²) in [4.78, 5) is 17.3. The molecule has 2 aliphatic heterocycles. The Kier molecular flexibility index (Phi) is 7.06. The van der Waals surface area contributed by atoms with Crippen molar-refractivity contribution in [2.45, 2.75) is 38.8 Å². The number of likely N-dealkylation sites (tertiary alicyclic amines) is 1. The molecule has 0 aromatic heterocycles. The lowest BCUT2D eigenvalue weighted by Gasteiger charge is -2.38. The van der Waals surface area contributed by atoms with Gasteiger partial charge in [0.15, 0.2) is 0 Å². The molecule has 1 amide bonds. The van der Waals surface area contributed by atoms with E-state index in [4.69, 9.17) is 4.74 Å². The Morgan fingerprint density at radius 1 is 1.15 bits per heavy atom. The fraction of sp³-hybridized carbons (Fsp3) is 0.667. The first-order chi connectivity index (χ1) is 12.6. The summed E-state index contributed by atoms with van der Waals surface area (Å²) in [6, 6.07) is 10.8. The fourth-order valence-corrected chi connectivity index (χ4v) is 4.12. The van der Waals surface area contributed by atoms with Crippen molar-refractivity contribution in [2.75, 3.05) is 45.9 Å². The van der Waals surface area contributed by atoms with E-state index >= 15 is 0 Å². The van der Waals surface area contributed by atoms with Gasteiger partial charge in [-0.25, -0.2) is 0 Å². The van der Waals surface area contributed by atoms with Crippen LogP contribution in [0.5, 0.6) is 0 Å². The van der Waals surface area contributed by atoms with E-state index in [0.717, 1.165) is 45.3 Å². The number of amides is 1. The summed E-state index contributed by atoms with van der Waals surface area (Å²) in [5.41, 5.74) is 1.26. The highest BCUT2D eigenvalue weighted by atomic mass is 16.5. The van der Waals surface area contributed by atoms with Gasteiger partial charge >= 0.3 is 0 Å². The Bertz CT molecular complexity index is 552. The number of nitrogens with one attached hydrogen (secondary N) is 1. The zero-order chi connectivity index (χ0) is 18.4. The van der Waals surface area contributed by atoms with Crippen molar-refractivity contribution in [3.63, 3.8) is 0 Å². The third-order valence-electron chi connectivity index (χ3n) is 5.69. The number of benzene rings is 1. The van der Waals surface area contributed by atoms with E-state index < -0.39 is 0 Å². The summed E-state index contributed by atoms with van der Waals surface area (Å²) in [6.45, 7) is 10.3. The summed E-state index contributed by atoms with van der Waals surface area (Å²) in [5.74, 6) is 0.929. The van der Waals surface area contributed by atoms with Gasteiger partial charge in [-0.05, 0) is 44.3 Å². The zero-order valence-electron chi connectivity index (χ0n) is 16.2. The van der Waals surface area contributed by atoms with Crippen LogP contribution in [0.3, 0.4) is 0 Å². The molecule has 1 N–H and O–H groups in total. The van der Waals surface area contributed by atoms with Gasteiger partial charge in [0.2, 0.25) is 5.91 Å².